The summed E-state index contributed by atoms with van der Waals surface area (Å²) >= 11 is 0. The molecule has 0 radical (unpaired) electrons. The van der Waals surface area contributed by atoms with E-state index in [-0.39, 0.29) is 5.69 Å². The molecule has 4 aromatic carbocycles. The van der Waals surface area contributed by atoms with Gasteiger partial charge in [-0.05, 0) is 39.7 Å². The lowest BCUT2D eigenvalue weighted by molar-refractivity contribution is -0.136. The van der Waals surface area contributed by atoms with Crippen molar-refractivity contribution >= 4 is 45.3 Å². The van der Waals surface area contributed by atoms with Gasteiger partial charge in [0, 0.05) is 5.56 Å². The van der Waals surface area contributed by atoms with Crippen molar-refractivity contribution in [2.75, 3.05) is 5.32 Å². The molecule has 0 heterocycles. The van der Waals surface area contributed by atoms with E-state index in [0.717, 1.165) is 27.1 Å². The second-order valence-electron chi connectivity index (χ2n) is 6.37. The van der Waals surface area contributed by atoms with E-state index in [1.54, 1.807) is 6.07 Å². The SMILES string of the molecule is O=C(N/N=C\c1c2ccccc2cc2ccccc12)C(=O)Nc1ccccc1F. The molecule has 0 spiro atoms. The maximum atomic E-state index is 13.6. The number of hydrogen-bond donors (Lipinski definition) is 2. The molecule has 6 heteroatoms. The van der Waals surface area contributed by atoms with Crippen molar-refractivity contribution < 1.29 is 14.0 Å². The van der Waals surface area contributed by atoms with Crippen LogP contribution < -0.4 is 10.7 Å². The average Bonchev–Trinajstić information content (AvgIpc) is 2.74. The highest BCUT2D eigenvalue weighted by atomic mass is 19.1. The third-order valence-electron chi connectivity index (χ3n) is 4.50. The first-order valence-corrected chi connectivity index (χ1v) is 8.93. The molecule has 0 saturated heterocycles. The van der Waals surface area contributed by atoms with E-state index in [1.807, 2.05) is 48.5 Å². The summed E-state index contributed by atoms with van der Waals surface area (Å²) in [7, 11) is 0. The number of halogens is 1. The smallest absolute Gasteiger partial charge is 0.315 e. The van der Waals surface area contributed by atoms with Crippen molar-refractivity contribution in [3.8, 4) is 0 Å². The number of hydrogen-bond acceptors (Lipinski definition) is 3. The van der Waals surface area contributed by atoms with E-state index in [2.05, 4.69) is 21.9 Å². The molecule has 2 N–H and O–H groups in total. The van der Waals surface area contributed by atoms with E-state index >= 15 is 0 Å². The summed E-state index contributed by atoms with van der Waals surface area (Å²) in [6.45, 7) is 0. The number of hydrazone groups is 1. The summed E-state index contributed by atoms with van der Waals surface area (Å²) in [5.74, 6) is -2.62. The normalized spacial score (nSPS) is 11.1. The number of fused-ring (bicyclic) bond motifs is 2. The second kappa shape index (κ2) is 7.90. The Hall–Kier alpha value is -4.06. The van der Waals surface area contributed by atoms with Crippen LogP contribution in [0.25, 0.3) is 21.5 Å². The lowest BCUT2D eigenvalue weighted by Gasteiger charge is -2.08. The monoisotopic (exact) mass is 385 g/mol. The number of nitrogens with zero attached hydrogens (tertiary/aromatic N) is 1. The van der Waals surface area contributed by atoms with Gasteiger partial charge in [0.05, 0.1) is 11.9 Å². The van der Waals surface area contributed by atoms with Crippen LogP contribution in [0.5, 0.6) is 0 Å². The summed E-state index contributed by atoms with van der Waals surface area (Å²) in [5.41, 5.74) is 2.95. The molecular weight excluding hydrogens is 369 g/mol. The van der Waals surface area contributed by atoms with E-state index in [4.69, 9.17) is 0 Å². The molecule has 0 fully saturated rings. The number of para-hydroxylation sites is 1. The standard InChI is InChI=1S/C23H16FN3O2/c24-20-11-5-6-12-21(20)26-22(28)23(29)27-25-14-19-17-9-3-1-7-15(17)13-16-8-2-4-10-18(16)19/h1-14H,(H,26,28)(H,27,29)/b25-14-. The summed E-state index contributed by atoms with van der Waals surface area (Å²) in [6.07, 6.45) is 1.51. The van der Waals surface area contributed by atoms with Gasteiger partial charge in [-0.3, -0.25) is 9.59 Å². The first kappa shape index (κ1) is 18.3. The summed E-state index contributed by atoms with van der Waals surface area (Å²) < 4.78 is 13.6. The van der Waals surface area contributed by atoms with E-state index in [9.17, 15) is 14.0 Å². The van der Waals surface area contributed by atoms with Crippen LogP contribution in [0.4, 0.5) is 10.1 Å². The van der Waals surface area contributed by atoms with E-state index < -0.39 is 17.6 Å². The predicted octanol–water partition coefficient (Wildman–Crippen LogP) is 4.22. The van der Waals surface area contributed by atoms with Gasteiger partial charge in [0.1, 0.15) is 5.82 Å². The number of rotatable bonds is 3. The Kier molecular flexibility index (Phi) is 4.99. The molecule has 0 saturated carbocycles. The number of benzene rings is 4. The minimum absolute atomic E-state index is 0.0725. The van der Waals surface area contributed by atoms with Crippen LogP contribution in [-0.2, 0) is 9.59 Å². The highest BCUT2D eigenvalue weighted by Crippen LogP contribution is 2.27. The molecule has 142 valence electrons. The molecule has 29 heavy (non-hydrogen) atoms. The van der Waals surface area contributed by atoms with Crippen LogP contribution in [0.3, 0.4) is 0 Å². The molecule has 0 unspecified atom stereocenters. The number of anilines is 1. The zero-order chi connectivity index (χ0) is 20.2. The summed E-state index contributed by atoms with van der Waals surface area (Å²) in [5, 5.41) is 10.2. The van der Waals surface area contributed by atoms with E-state index in [1.165, 1.54) is 24.4 Å². The van der Waals surface area contributed by atoms with Crippen molar-refractivity contribution in [3.63, 3.8) is 0 Å². The fourth-order valence-electron chi connectivity index (χ4n) is 3.14. The van der Waals surface area contributed by atoms with Crippen LogP contribution in [-0.4, -0.2) is 18.0 Å². The zero-order valence-corrected chi connectivity index (χ0v) is 15.2. The van der Waals surface area contributed by atoms with Crippen LogP contribution in [0, 0.1) is 5.82 Å². The third kappa shape index (κ3) is 3.82. The van der Waals surface area contributed by atoms with Gasteiger partial charge in [-0.15, -0.1) is 0 Å². The van der Waals surface area contributed by atoms with Crippen molar-refractivity contribution in [2.24, 2.45) is 5.10 Å². The zero-order valence-electron chi connectivity index (χ0n) is 15.2. The van der Waals surface area contributed by atoms with Crippen molar-refractivity contribution in [2.45, 2.75) is 0 Å². The van der Waals surface area contributed by atoms with Gasteiger partial charge in [0.2, 0.25) is 0 Å². The van der Waals surface area contributed by atoms with Crippen LogP contribution >= 0.6 is 0 Å². The first-order chi connectivity index (χ1) is 14.1. The summed E-state index contributed by atoms with van der Waals surface area (Å²) in [6, 6.07) is 23.4. The molecule has 2 amide bonds. The van der Waals surface area contributed by atoms with Gasteiger partial charge in [0.15, 0.2) is 0 Å². The van der Waals surface area contributed by atoms with Crippen LogP contribution in [0.2, 0.25) is 0 Å². The fourth-order valence-corrected chi connectivity index (χ4v) is 3.14. The molecule has 0 bridgehead atoms. The molecule has 0 aliphatic rings. The van der Waals surface area contributed by atoms with Gasteiger partial charge in [0.25, 0.3) is 0 Å². The molecule has 4 aromatic rings. The van der Waals surface area contributed by atoms with Crippen molar-refractivity contribution in [3.05, 3.63) is 90.2 Å². The molecule has 0 aliphatic heterocycles. The highest BCUT2D eigenvalue weighted by molar-refractivity contribution is 6.39. The Morgan fingerprint density at radius 2 is 1.38 bits per heavy atom. The Balaban J connectivity index is 1.57. The molecule has 0 aromatic heterocycles. The molecule has 0 atom stereocenters. The van der Waals surface area contributed by atoms with Crippen molar-refractivity contribution in [1.82, 2.24) is 5.43 Å². The number of amides is 2. The second-order valence-corrected chi connectivity index (χ2v) is 6.37. The van der Waals surface area contributed by atoms with Gasteiger partial charge >= 0.3 is 11.8 Å². The van der Waals surface area contributed by atoms with Crippen molar-refractivity contribution in [1.29, 1.82) is 0 Å². The molecule has 0 aliphatic carbocycles. The van der Waals surface area contributed by atoms with E-state index in [0.29, 0.717) is 0 Å². The highest BCUT2D eigenvalue weighted by Gasteiger charge is 2.14. The number of nitrogens with one attached hydrogen (secondary N) is 2. The molecule has 5 nitrogen and oxygen atoms in total. The Morgan fingerprint density at radius 3 is 2.03 bits per heavy atom. The maximum Gasteiger partial charge on any atom is 0.329 e. The number of carbonyl (C=O) groups excluding carboxylic acids is 2. The largest absolute Gasteiger partial charge is 0.329 e. The lowest BCUT2D eigenvalue weighted by Crippen LogP contribution is -2.32. The predicted molar refractivity (Wildman–Crippen MR) is 112 cm³/mol. The average molecular weight is 385 g/mol. The fraction of sp³-hybridized carbons (Fsp3) is 0. The van der Waals surface area contributed by atoms with Gasteiger partial charge in [-0.2, -0.15) is 5.10 Å². The lowest BCUT2D eigenvalue weighted by atomic mass is 9.97. The summed E-state index contributed by atoms with van der Waals surface area (Å²) in [4.78, 5) is 24.0. The Morgan fingerprint density at radius 1 is 0.793 bits per heavy atom. The molecule has 4 rings (SSSR count). The minimum atomic E-state index is -1.00. The van der Waals surface area contributed by atoms with Crippen LogP contribution in [0.1, 0.15) is 5.56 Å². The van der Waals surface area contributed by atoms with Gasteiger partial charge in [-0.25, -0.2) is 9.82 Å². The first-order valence-electron chi connectivity index (χ1n) is 8.93. The van der Waals surface area contributed by atoms with Crippen LogP contribution in [0.15, 0.2) is 84.0 Å². The maximum absolute atomic E-state index is 13.6. The Bertz CT molecular complexity index is 1210. The quantitative estimate of drug-likeness (QED) is 0.240. The topological polar surface area (TPSA) is 70.6 Å². The third-order valence-corrected chi connectivity index (χ3v) is 4.50. The van der Waals surface area contributed by atoms with Gasteiger partial charge < -0.3 is 5.32 Å². The minimum Gasteiger partial charge on any atom is -0.315 e. The molecular formula is C23H16FN3O2. The Labute approximate surface area is 165 Å². The number of carbonyl (C=O) groups is 2. The van der Waals surface area contributed by atoms with Gasteiger partial charge in [-0.1, -0.05) is 60.7 Å².